The van der Waals surface area contributed by atoms with Crippen LogP contribution >= 0.6 is 0 Å². The van der Waals surface area contributed by atoms with Gasteiger partial charge in [-0.15, -0.1) is 0 Å². The average Bonchev–Trinajstić information content (AvgIpc) is 3.01. The number of pyridine rings is 1. The molecule has 0 radical (unpaired) electrons. The Morgan fingerprint density at radius 3 is 2.63 bits per heavy atom. The van der Waals surface area contributed by atoms with Crippen LogP contribution in [0.5, 0.6) is 0 Å². The maximum atomic E-state index is 4.39. The number of anilines is 1. The molecule has 1 aromatic carbocycles. The number of imidazole rings is 1. The van der Waals surface area contributed by atoms with Crippen LogP contribution in [0.1, 0.15) is 5.56 Å². The minimum atomic E-state index is 0.799. The Balaban J connectivity index is 1.67. The molecule has 0 saturated carbocycles. The van der Waals surface area contributed by atoms with Gasteiger partial charge < -0.3 is 5.32 Å². The molecule has 0 bridgehead atoms. The van der Waals surface area contributed by atoms with E-state index < -0.39 is 0 Å². The van der Waals surface area contributed by atoms with Crippen LogP contribution in [-0.4, -0.2) is 14.5 Å². The highest BCUT2D eigenvalue weighted by molar-refractivity contribution is 5.44. The van der Waals surface area contributed by atoms with E-state index in [9.17, 15) is 0 Å². The second kappa shape index (κ2) is 5.35. The van der Waals surface area contributed by atoms with Crippen LogP contribution in [-0.2, 0) is 6.54 Å². The van der Waals surface area contributed by atoms with Crippen molar-refractivity contribution in [1.82, 2.24) is 14.5 Å². The molecule has 0 fully saturated rings. The Labute approximate surface area is 111 Å². The third-order valence-electron chi connectivity index (χ3n) is 2.86. The molecule has 3 rings (SSSR count). The van der Waals surface area contributed by atoms with Crippen LogP contribution in [0.15, 0.2) is 67.4 Å². The second-order valence-corrected chi connectivity index (χ2v) is 4.21. The van der Waals surface area contributed by atoms with E-state index in [1.54, 1.807) is 12.5 Å². The molecule has 4 nitrogen and oxygen atoms in total. The van der Waals surface area contributed by atoms with Crippen LogP contribution in [0.25, 0.3) is 5.82 Å². The Hall–Kier alpha value is -2.62. The lowest BCUT2D eigenvalue weighted by Crippen LogP contribution is -2.00. The molecule has 0 atom stereocenters. The maximum Gasteiger partial charge on any atom is 0.137 e. The summed E-state index contributed by atoms with van der Waals surface area (Å²) in [7, 11) is 0. The normalized spacial score (nSPS) is 10.3. The van der Waals surface area contributed by atoms with Gasteiger partial charge in [0.05, 0.1) is 11.9 Å². The SMILES string of the molecule is c1ccc(CNc2ccc(-n3ccnc3)nc2)cc1. The molecule has 94 valence electrons. The number of nitrogens with one attached hydrogen (secondary N) is 1. The third-order valence-corrected chi connectivity index (χ3v) is 2.86. The Morgan fingerprint density at radius 1 is 1.05 bits per heavy atom. The Morgan fingerprint density at radius 2 is 1.95 bits per heavy atom. The number of hydrogen-bond acceptors (Lipinski definition) is 3. The predicted molar refractivity (Wildman–Crippen MR) is 75.1 cm³/mol. The smallest absolute Gasteiger partial charge is 0.137 e. The van der Waals surface area contributed by atoms with Crippen molar-refractivity contribution in [2.24, 2.45) is 0 Å². The van der Waals surface area contributed by atoms with E-state index in [4.69, 9.17) is 0 Å². The topological polar surface area (TPSA) is 42.7 Å². The molecule has 0 unspecified atom stereocenters. The van der Waals surface area contributed by atoms with E-state index in [1.807, 2.05) is 47.3 Å². The highest BCUT2D eigenvalue weighted by Gasteiger charge is 1.98. The monoisotopic (exact) mass is 250 g/mol. The van der Waals surface area contributed by atoms with Gasteiger partial charge >= 0.3 is 0 Å². The molecular weight excluding hydrogens is 236 g/mol. The number of rotatable bonds is 4. The largest absolute Gasteiger partial charge is 0.380 e. The van der Waals surface area contributed by atoms with Gasteiger partial charge in [0, 0.05) is 18.9 Å². The summed E-state index contributed by atoms with van der Waals surface area (Å²) in [5, 5.41) is 3.35. The van der Waals surface area contributed by atoms with Gasteiger partial charge in [0.1, 0.15) is 12.1 Å². The number of aromatic nitrogens is 3. The Kier molecular flexibility index (Phi) is 3.23. The molecule has 2 aromatic heterocycles. The number of nitrogens with zero attached hydrogens (tertiary/aromatic N) is 3. The van der Waals surface area contributed by atoms with E-state index in [0.717, 1.165) is 18.1 Å². The van der Waals surface area contributed by atoms with Gasteiger partial charge in [0.25, 0.3) is 0 Å². The summed E-state index contributed by atoms with van der Waals surface area (Å²) >= 11 is 0. The van der Waals surface area contributed by atoms with Gasteiger partial charge in [-0.05, 0) is 17.7 Å². The van der Waals surface area contributed by atoms with Crippen molar-refractivity contribution in [2.45, 2.75) is 6.54 Å². The minimum absolute atomic E-state index is 0.799. The van der Waals surface area contributed by atoms with Gasteiger partial charge in [-0.3, -0.25) is 4.57 Å². The molecule has 1 N–H and O–H groups in total. The third kappa shape index (κ3) is 2.80. The van der Waals surface area contributed by atoms with Gasteiger partial charge in [0.2, 0.25) is 0 Å². The fourth-order valence-electron chi connectivity index (χ4n) is 1.84. The van der Waals surface area contributed by atoms with Gasteiger partial charge in [-0.2, -0.15) is 0 Å². The van der Waals surface area contributed by atoms with Crippen molar-refractivity contribution in [3.63, 3.8) is 0 Å². The summed E-state index contributed by atoms with van der Waals surface area (Å²) < 4.78 is 1.88. The summed E-state index contributed by atoms with van der Waals surface area (Å²) in [4.78, 5) is 8.40. The van der Waals surface area contributed by atoms with Gasteiger partial charge in [0.15, 0.2) is 0 Å². The molecule has 3 aromatic rings. The lowest BCUT2D eigenvalue weighted by molar-refractivity contribution is 0.990. The zero-order valence-electron chi connectivity index (χ0n) is 10.4. The molecule has 0 aliphatic rings. The summed E-state index contributed by atoms with van der Waals surface area (Å²) in [6.07, 6.45) is 7.18. The molecule has 0 aliphatic carbocycles. The quantitative estimate of drug-likeness (QED) is 0.774. The van der Waals surface area contributed by atoms with Crippen LogP contribution in [0.4, 0.5) is 5.69 Å². The molecule has 0 amide bonds. The van der Waals surface area contributed by atoms with Crippen LogP contribution in [0.2, 0.25) is 0 Å². The van der Waals surface area contributed by atoms with E-state index in [-0.39, 0.29) is 0 Å². The highest BCUT2D eigenvalue weighted by Crippen LogP contribution is 2.11. The van der Waals surface area contributed by atoms with Gasteiger partial charge in [-0.25, -0.2) is 9.97 Å². The maximum absolute atomic E-state index is 4.39. The first-order valence-corrected chi connectivity index (χ1v) is 6.14. The first-order chi connectivity index (χ1) is 9.42. The standard InChI is InChI=1S/C15H14N4/c1-2-4-13(5-3-1)10-17-14-6-7-15(18-11-14)19-9-8-16-12-19/h1-9,11-12,17H,10H2. The number of hydrogen-bond donors (Lipinski definition) is 1. The predicted octanol–water partition coefficient (Wildman–Crippen LogP) is 2.88. The van der Waals surface area contributed by atoms with E-state index in [0.29, 0.717) is 0 Å². The minimum Gasteiger partial charge on any atom is -0.380 e. The van der Waals surface area contributed by atoms with E-state index in [2.05, 4.69) is 27.4 Å². The van der Waals surface area contributed by atoms with Crippen molar-refractivity contribution in [2.75, 3.05) is 5.32 Å². The molecule has 4 heteroatoms. The zero-order chi connectivity index (χ0) is 12.9. The average molecular weight is 250 g/mol. The lowest BCUT2D eigenvalue weighted by atomic mass is 10.2. The summed E-state index contributed by atoms with van der Waals surface area (Å²) in [6, 6.07) is 14.3. The van der Waals surface area contributed by atoms with Crippen LogP contribution in [0.3, 0.4) is 0 Å². The van der Waals surface area contributed by atoms with Crippen LogP contribution in [0, 0.1) is 0 Å². The highest BCUT2D eigenvalue weighted by atomic mass is 15.1. The number of benzene rings is 1. The summed E-state index contributed by atoms with van der Waals surface area (Å²) in [5.41, 5.74) is 2.26. The zero-order valence-corrected chi connectivity index (χ0v) is 10.4. The molecule has 2 heterocycles. The molecule has 0 aliphatic heterocycles. The van der Waals surface area contributed by atoms with E-state index >= 15 is 0 Å². The van der Waals surface area contributed by atoms with E-state index in [1.165, 1.54) is 5.56 Å². The Bertz CT molecular complexity index is 615. The fourth-order valence-corrected chi connectivity index (χ4v) is 1.84. The molecule has 0 saturated heterocycles. The van der Waals surface area contributed by atoms with Crippen molar-refractivity contribution in [3.05, 3.63) is 72.9 Å². The first-order valence-electron chi connectivity index (χ1n) is 6.14. The molecule has 0 spiro atoms. The molecule has 19 heavy (non-hydrogen) atoms. The van der Waals surface area contributed by atoms with Crippen molar-refractivity contribution < 1.29 is 0 Å². The molecular formula is C15H14N4. The van der Waals surface area contributed by atoms with Crippen molar-refractivity contribution >= 4 is 5.69 Å². The second-order valence-electron chi connectivity index (χ2n) is 4.21. The van der Waals surface area contributed by atoms with Crippen molar-refractivity contribution in [3.8, 4) is 5.82 Å². The van der Waals surface area contributed by atoms with Gasteiger partial charge in [-0.1, -0.05) is 30.3 Å². The first kappa shape index (κ1) is 11.5. The summed E-state index contributed by atoms with van der Waals surface area (Å²) in [5.74, 6) is 0.864. The summed E-state index contributed by atoms with van der Waals surface area (Å²) in [6.45, 7) is 0.799. The fraction of sp³-hybridized carbons (Fsp3) is 0.0667. The van der Waals surface area contributed by atoms with Crippen LogP contribution < -0.4 is 5.32 Å². The lowest BCUT2D eigenvalue weighted by Gasteiger charge is -2.07. The van der Waals surface area contributed by atoms with Crippen molar-refractivity contribution in [1.29, 1.82) is 0 Å².